The zero-order valence-electron chi connectivity index (χ0n) is 10.5. The quantitative estimate of drug-likeness (QED) is 0.709. The second-order valence-corrected chi connectivity index (χ2v) is 5.13. The highest BCUT2D eigenvalue weighted by Gasteiger charge is 2.18. The summed E-state index contributed by atoms with van der Waals surface area (Å²) in [6.07, 6.45) is 0. The molecule has 2 N–H and O–H groups in total. The highest BCUT2D eigenvalue weighted by atomic mass is 32.1. The van der Waals surface area contributed by atoms with Crippen molar-refractivity contribution < 1.29 is 4.90 Å². The maximum Gasteiger partial charge on any atom is 0.173 e. The third kappa shape index (κ3) is 3.41. The number of nitrogens with one attached hydrogen (secondary N) is 2. The Labute approximate surface area is 108 Å². The molecule has 1 aliphatic rings. The van der Waals surface area contributed by atoms with Crippen molar-refractivity contribution >= 4 is 23.0 Å². The zero-order chi connectivity index (χ0) is 12.3. The minimum Gasteiger partial charge on any atom is -0.338 e. The second kappa shape index (κ2) is 5.47. The molecule has 0 radical (unpaired) electrons. The van der Waals surface area contributed by atoms with E-state index < -0.39 is 0 Å². The van der Waals surface area contributed by atoms with Crippen LogP contribution < -0.4 is 10.2 Å². The number of rotatable bonds is 1. The molecule has 4 heteroatoms. The summed E-state index contributed by atoms with van der Waals surface area (Å²) >= 11 is 5.44. The van der Waals surface area contributed by atoms with E-state index in [1.54, 1.807) is 4.90 Å². The second-order valence-electron chi connectivity index (χ2n) is 4.74. The van der Waals surface area contributed by atoms with Gasteiger partial charge in [0.05, 0.1) is 33.2 Å². The Balaban J connectivity index is 1.93. The molecule has 0 atom stereocenters. The van der Waals surface area contributed by atoms with Gasteiger partial charge in [0.25, 0.3) is 0 Å². The van der Waals surface area contributed by atoms with Gasteiger partial charge in [-0.15, -0.1) is 0 Å². The first-order valence-corrected chi connectivity index (χ1v) is 6.50. The van der Waals surface area contributed by atoms with Gasteiger partial charge >= 0.3 is 0 Å². The summed E-state index contributed by atoms with van der Waals surface area (Å²) in [4.78, 5) is 3.84. The van der Waals surface area contributed by atoms with Gasteiger partial charge in [0, 0.05) is 5.69 Å². The van der Waals surface area contributed by atoms with Crippen molar-refractivity contribution in [1.82, 2.24) is 4.90 Å². The van der Waals surface area contributed by atoms with E-state index in [9.17, 15) is 0 Å². The molecular weight excluding hydrogens is 230 g/mol. The van der Waals surface area contributed by atoms with Gasteiger partial charge in [-0.2, -0.15) is 0 Å². The topological polar surface area (TPSA) is 19.7 Å². The first kappa shape index (κ1) is 12.3. The molecule has 0 aliphatic carbocycles. The van der Waals surface area contributed by atoms with E-state index in [0.29, 0.717) is 0 Å². The largest absolute Gasteiger partial charge is 0.338 e. The van der Waals surface area contributed by atoms with E-state index in [4.69, 9.17) is 12.2 Å². The number of hydrogen-bond acceptors (Lipinski definition) is 1. The number of nitrogens with zero attached hydrogens (tertiary/aromatic N) is 1. The summed E-state index contributed by atoms with van der Waals surface area (Å²) in [7, 11) is 2.23. The van der Waals surface area contributed by atoms with Gasteiger partial charge in [0.1, 0.15) is 0 Å². The minimum atomic E-state index is 0.850. The number of thiocarbonyl (C=S) groups is 1. The van der Waals surface area contributed by atoms with Crippen LogP contribution in [-0.4, -0.2) is 43.2 Å². The molecule has 0 unspecified atom stereocenters. The van der Waals surface area contributed by atoms with E-state index in [2.05, 4.69) is 48.5 Å². The van der Waals surface area contributed by atoms with Crippen LogP contribution in [0.2, 0.25) is 0 Å². The number of hydrogen-bond donors (Lipinski definition) is 2. The molecule has 1 saturated heterocycles. The first-order chi connectivity index (χ1) is 8.15. The third-order valence-electron chi connectivity index (χ3n) is 3.17. The maximum atomic E-state index is 5.44. The molecular formula is C13H20N3S+. The van der Waals surface area contributed by atoms with Gasteiger partial charge < -0.3 is 15.1 Å². The fraction of sp³-hybridized carbons (Fsp3) is 0.462. The van der Waals surface area contributed by atoms with E-state index in [1.165, 1.54) is 5.56 Å². The number of piperazine rings is 1. The summed E-state index contributed by atoms with van der Waals surface area (Å²) in [5.74, 6) is 0. The first-order valence-electron chi connectivity index (χ1n) is 6.09. The molecule has 0 aromatic heterocycles. The van der Waals surface area contributed by atoms with E-state index in [1.807, 2.05) is 0 Å². The highest BCUT2D eigenvalue weighted by molar-refractivity contribution is 7.80. The lowest BCUT2D eigenvalue weighted by Gasteiger charge is -2.32. The molecule has 1 fully saturated rings. The number of quaternary nitrogens is 1. The van der Waals surface area contributed by atoms with Crippen LogP contribution in [0.5, 0.6) is 0 Å². The Morgan fingerprint density at radius 3 is 2.71 bits per heavy atom. The van der Waals surface area contributed by atoms with Crippen LogP contribution >= 0.6 is 12.2 Å². The Morgan fingerprint density at radius 1 is 1.35 bits per heavy atom. The molecule has 1 aromatic carbocycles. The molecule has 3 nitrogen and oxygen atoms in total. The number of aryl methyl sites for hydroxylation is 1. The highest BCUT2D eigenvalue weighted by Crippen LogP contribution is 2.10. The van der Waals surface area contributed by atoms with Crippen LogP contribution in [-0.2, 0) is 0 Å². The standard InChI is InChI=1S/C13H19N3S/c1-11-4-3-5-12(10-11)14-13(17)16-8-6-15(2)7-9-16/h3-5,10H,6-9H2,1-2H3,(H,14,17)/p+1. The summed E-state index contributed by atoms with van der Waals surface area (Å²) in [6, 6.07) is 8.32. The molecule has 2 rings (SSSR count). The maximum absolute atomic E-state index is 5.44. The van der Waals surface area contributed by atoms with Crippen LogP contribution in [0.15, 0.2) is 24.3 Å². The predicted molar refractivity (Wildman–Crippen MR) is 75.6 cm³/mol. The SMILES string of the molecule is Cc1cccc(NC(=S)N2CC[NH+](C)CC2)c1. The normalized spacial score (nSPS) is 16.9. The molecule has 1 aromatic rings. The van der Waals surface area contributed by atoms with E-state index >= 15 is 0 Å². The van der Waals surface area contributed by atoms with Gasteiger partial charge in [-0.25, -0.2) is 0 Å². The fourth-order valence-corrected chi connectivity index (χ4v) is 2.32. The Bertz CT molecular complexity index is 397. The van der Waals surface area contributed by atoms with Gasteiger partial charge in [-0.1, -0.05) is 12.1 Å². The van der Waals surface area contributed by atoms with E-state index in [0.717, 1.165) is 37.0 Å². The van der Waals surface area contributed by atoms with Crippen molar-refractivity contribution in [1.29, 1.82) is 0 Å². The monoisotopic (exact) mass is 250 g/mol. The van der Waals surface area contributed by atoms with Gasteiger partial charge in [0.15, 0.2) is 5.11 Å². The van der Waals surface area contributed by atoms with Gasteiger partial charge in [-0.05, 0) is 36.8 Å². The predicted octanol–water partition coefficient (Wildman–Crippen LogP) is 0.522. The lowest BCUT2D eigenvalue weighted by Crippen LogP contribution is -3.12. The van der Waals surface area contributed by atoms with Crippen LogP contribution in [0.25, 0.3) is 0 Å². The molecule has 1 aliphatic heterocycles. The summed E-state index contributed by atoms with van der Waals surface area (Å²) in [6.45, 7) is 6.51. The molecule has 0 spiro atoms. The summed E-state index contributed by atoms with van der Waals surface area (Å²) in [5, 5.41) is 4.17. The smallest absolute Gasteiger partial charge is 0.173 e. The number of likely N-dealkylation sites (N-methyl/N-ethyl adjacent to an activating group) is 1. The van der Waals surface area contributed by atoms with Gasteiger partial charge in [-0.3, -0.25) is 0 Å². The van der Waals surface area contributed by atoms with Crippen molar-refractivity contribution in [3.8, 4) is 0 Å². The molecule has 92 valence electrons. The molecule has 0 bridgehead atoms. The van der Waals surface area contributed by atoms with Crippen molar-refractivity contribution in [2.75, 3.05) is 38.5 Å². The van der Waals surface area contributed by atoms with Crippen molar-refractivity contribution in [3.05, 3.63) is 29.8 Å². The van der Waals surface area contributed by atoms with Gasteiger partial charge in [0.2, 0.25) is 0 Å². The van der Waals surface area contributed by atoms with Crippen LogP contribution in [0.1, 0.15) is 5.56 Å². The molecule has 0 amide bonds. The van der Waals surface area contributed by atoms with Crippen molar-refractivity contribution in [2.24, 2.45) is 0 Å². The summed E-state index contributed by atoms with van der Waals surface area (Å²) < 4.78 is 0. The molecule has 0 saturated carbocycles. The fourth-order valence-electron chi connectivity index (χ4n) is 2.02. The third-order valence-corrected chi connectivity index (χ3v) is 3.53. The van der Waals surface area contributed by atoms with Crippen LogP contribution in [0.3, 0.4) is 0 Å². The average Bonchev–Trinajstić information content (AvgIpc) is 2.29. The minimum absolute atomic E-state index is 0.850. The van der Waals surface area contributed by atoms with E-state index in [-0.39, 0.29) is 0 Å². The number of anilines is 1. The van der Waals surface area contributed by atoms with Crippen LogP contribution in [0.4, 0.5) is 5.69 Å². The average molecular weight is 250 g/mol. The molecule has 17 heavy (non-hydrogen) atoms. The Morgan fingerprint density at radius 2 is 2.06 bits per heavy atom. The molecule has 1 heterocycles. The lowest BCUT2D eigenvalue weighted by atomic mass is 10.2. The van der Waals surface area contributed by atoms with Crippen molar-refractivity contribution in [2.45, 2.75) is 6.92 Å². The zero-order valence-corrected chi connectivity index (χ0v) is 11.3. The summed E-state index contributed by atoms with van der Waals surface area (Å²) in [5.41, 5.74) is 2.34. The van der Waals surface area contributed by atoms with Crippen molar-refractivity contribution in [3.63, 3.8) is 0 Å². The Kier molecular flexibility index (Phi) is 3.97. The Hall–Kier alpha value is -1.13. The number of benzene rings is 1. The lowest BCUT2D eigenvalue weighted by molar-refractivity contribution is -0.883. The van der Waals surface area contributed by atoms with Crippen LogP contribution in [0, 0.1) is 6.92 Å².